The van der Waals surface area contributed by atoms with E-state index in [9.17, 15) is 14.4 Å². The molecule has 0 spiro atoms. The van der Waals surface area contributed by atoms with Crippen molar-refractivity contribution in [3.63, 3.8) is 0 Å². The van der Waals surface area contributed by atoms with Gasteiger partial charge in [-0.05, 0) is 30.5 Å². The molecule has 5 heteroatoms. The topological polar surface area (TPSA) is 80.5 Å². The lowest BCUT2D eigenvalue weighted by molar-refractivity contribution is -0.140. The molecule has 1 heterocycles. The van der Waals surface area contributed by atoms with Gasteiger partial charge < -0.3 is 5.73 Å². The zero-order valence-electron chi connectivity index (χ0n) is 11.5. The fraction of sp³-hybridized carbons (Fsp3) is 0.312. The number of carbonyl (C=O) groups excluding carboxylic acids is 3. The van der Waals surface area contributed by atoms with Crippen LogP contribution in [0.15, 0.2) is 36.4 Å². The Morgan fingerprint density at radius 1 is 1.05 bits per heavy atom. The number of nitrogens with zero attached hydrogens (tertiary/aromatic N) is 1. The highest BCUT2D eigenvalue weighted by molar-refractivity contribution is 6.05. The van der Waals surface area contributed by atoms with Crippen molar-refractivity contribution in [3.8, 4) is 0 Å². The Balaban J connectivity index is 1.77. The average molecular weight is 284 g/mol. The Morgan fingerprint density at radius 3 is 2.05 bits per heavy atom. The van der Waals surface area contributed by atoms with Gasteiger partial charge in [0.25, 0.3) is 0 Å². The zero-order valence-corrected chi connectivity index (χ0v) is 11.5. The van der Waals surface area contributed by atoms with E-state index >= 15 is 0 Å². The smallest absolute Gasteiger partial charge is 0.248 e. The number of allylic oxidation sites excluding steroid dienone is 2. The summed E-state index contributed by atoms with van der Waals surface area (Å²) in [7, 11) is 0. The van der Waals surface area contributed by atoms with Gasteiger partial charge in [-0.3, -0.25) is 19.3 Å². The molecular weight excluding hydrogens is 268 g/mol. The molecule has 1 aromatic rings. The van der Waals surface area contributed by atoms with Crippen molar-refractivity contribution in [1.82, 2.24) is 4.90 Å². The zero-order chi connectivity index (χ0) is 15.0. The Bertz CT molecular complexity index is 607. The second-order valence-corrected chi connectivity index (χ2v) is 5.48. The number of primary amides is 1. The minimum Gasteiger partial charge on any atom is -0.366 e. The van der Waals surface area contributed by atoms with E-state index in [0.29, 0.717) is 18.4 Å². The molecule has 5 nitrogen and oxygen atoms in total. The van der Waals surface area contributed by atoms with Crippen molar-refractivity contribution in [1.29, 1.82) is 0 Å². The van der Waals surface area contributed by atoms with Crippen LogP contribution in [0.25, 0.3) is 0 Å². The SMILES string of the molecule is NC(=O)c1ccc(CN2C(=O)C3CC=CCC3C2=O)cc1. The lowest BCUT2D eigenvalue weighted by Gasteiger charge is -2.14. The fourth-order valence-electron chi connectivity index (χ4n) is 2.98. The third-order valence-corrected chi connectivity index (χ3v) is 4.18. The molecule has 21 heavy (non-hydrogen) atoms. The molecule has 1 aliphatic heterocycles. The molecule has 0 bridgehead atoms. The summed E-state index contributed by atoms with van der Waals surface area (Å²) in [4.78, 5) is 37.0. The molecule has 0 aromatic heterocycles. The molecule has 108 valence electrons. The van der Waals surface area contributed by atoms with Gasteiger partial charge in [0.1, 0.15) is 0 Å². The summed E-state index contributed by atoms with van der Waals surface area (Å²) in [6.07, 6.45) is 5.23. The number of hydrogen-bond donors (Lipinski definition) is 1. The Labute approximate surface area is 122 Å². The predicted octanol–water partition coefficient (Wildman–Crippen LogP) is 1.24. The van der Waals surface area contributed by atoms with Crippen LogP contribution >= 0.6 is 0 Å². The van der Waals surface area contributed by atoms with E-state index in [-0.39, 0.29) is 30.2 Å². The summed E-state index contributed by atoms with van der Waals surface area (Å²) in [6, 6.07) is 6.66. The number of nitrogens with two attached hydrogens (primary N) is 1. The van der Waals surface area contributed by atoms with Gasteiger partial charge in [0, 0.05) is 5.56 Å². The summed E-state index contributed by atoms with van der Waals surface area (Å²) in [6.45, 7) is 0.254. The van der Waals surface area contributed by atoms with Crippen molar-refractivity contribution in [2.24, 2.45) is 17.6 Å². The van der Waals surface area contributed by atoms with Gasteiger partial charge in [-0.15, -0.1) is 0 Å². The van der Waals surface area contributed by atoms with Crippen LogP contribution in [-0.4, -0.2) is 22.6 Å². The fourth-order valence-corrected chi connectivity index (χ4v) is 2.98. The van der Waals surface area contributed by atoms with Crippen LogP contribution in [0.4, 0.5) is 0 Å². The van der Waals surface area contributed by atoms with Crippen LogP contribution in [0.1, 0.15) is 28.8 Å². The molecule has 1 aliphatic carbocycles. The van der Waals surface area contributed by atoms with E-state index < -0.39 is 5.91 Å². The maximum Gasteiger partial charge on any atom is 0.248 e. The number of amides is 3. The first-order valence-electron chi connectivity index (χ1n) is 6.97. The molecule has 3 rings (SSSR count). The highest BCUT2D eigenvalue weighted by atomic mass is 16.2. The number of rotatable bonds is 3. The monoisotopic (exact) mass is 284 g/mol. The van der Waals surface area contributed by atoms with Gasteiger partial charge in [-0.2, -0.15) is 0 Å². The van der Waals surface area contributed by atoms with E-state index in [1.54, 1.807) is 24.3 Å². The second-order valence-electron chi connectivity index (χ2n) is 5.48. The number of benzene rings is 1. The highest BCUT2D eigenvalue weighted by Crippen LogP contribution is 2.35. The summed E-state index contributed by atoms with van der Waals surface area (Å²) in [5.41, 5.74) is 6.41. The Hall–Kier alpha value is -2.43. The van der Waals surface area contributed by atoms with Gasteiger partial charge in [-0.25, -0.2) is 0 Å². The van der Waals surface area contributed by atoms with Crippen LogP contribution in [0.2, 0.25) is 0 Å². The number of fused-ring (bicyclic) bond motifs is 1. The Morgan fingerprint density at radius 2 is 1.57 bits per heavy atom. The van der Waals surface area contributed by atoms with Gasteiger partial charge in [0.05, 0.1) is 18.4 Å². The van der Waals surface area contributed by atoms with Gasteiger partial charge in [-0.1, -0.05) is 24.3 Å². The number of likely N-dealkylation sites (tertiary alicyclic amines) is 1. The molecule has 3 amide bonds. The number of carbonyl (C=O) groups is 3. The van der Waals surface area contributed by atoms with Crippen molar-refractivity contribution >= 4 is 17.7 Å². The summed E-state index contributed by atoms with van der Waals surface area (Å²) < 4.78 is 0. The second kappa shape index (κ2) is 5.16. The number of imide groups is 1. The van der Waals surface area contributed by atoms with E-state index in [1.165, 1.54) is 4.90 Å². The van der Waals surface area contributed by atoms with E-state index in [0.717, 1.165) is 5.56 Å². The molecule has 2 unspecified atom stereocenters. The largest absolute Gasteiger partial charge is 0.366 e. The minimum atomic E-state index is -0.494. The van der Waals surface area contributed by atoms with Gasteiger partial charge in [0.15, 0.2) is 0 Å². The standard InChI is InChI=1S/C16H16N2O3/c17-14(19)11-7-5-10(6-8-11)9-18-15(20)12-3-1-2-4-13(12)16(18)21/h1-2,5-8,12-13H,3-4,9H2,(H2,17,19). The first kappa shape index (κ1) is 13.5. The molecule has 2 N–H and O–H groups in total. The van der Waals surface area contributed by atoms with Crippen LogP contribution in [-0.2, 0) is 16.1 Å². The molecule has 1 aromatic carbocycles. The molecule has 0 radical (unpaired) electrons. The third-order valence-electron chi connectivity index (χ3n) is 4.18. The lowest BCUT2D eigenvalue weighted by Crippen LogP contribution is -2.30. The lowest BCUT2D eigenvalue weighted by atomic mass is 9.85. The van der Waals surface area contributed by atoms with Crippen molar-refractivity contribution < 1.29 is 14.4 Å². The third kappa shape index (κ3) is 2.35. The van der Waals surface area contributed by atoms with E-state index in [1.807, 2.05) is 12.2 Å². The predicted molar refractivity (Wildman–Crippen MR) is 75.9 cm³/mol. The molecule has 1 fully saturated rings. The molecule has 1 saturated heterocycles. The maximum absolute atomic E-state index is 12.3. The van der Waals surface area contributed by atoms with E-state index in [4.69, 9.17) is 5.73 Å². The highest BCUT2D eigenvalue weighted by Gasteiger charge is 2.46. The van der Waals surface area contributed by atoms with Crippen LogP contribution in [0.3, 0.4) is 0 Å². The van der Waals surface area contributed by atoms with Crippen molar-refractivity contribution in [3.05, 3.63) is 47.5 Å². The summed E-state index contributed by atoms with van der Waals surface area (Å²) in [5, 5.41) is 0. The van der Waals surface area contributed by atoms with Crippen molar-refractivity contribution in [2.75, 3.05) is 0 Å². The van der Waals surface area contributed by atoms with Gasteiger partial charge in [0.2, 0.25) is 17.7 Å². The maximum atomic E-state index is 12.3. The first-order valence-corrected chi connectivity index (χ1v) is 6.97. The molecular formula is C16H16N2O3. The Kier molecular flexibility index (Phi) is 3.33. The van der Waals surface area contributed by atoms with Crippen molar-refractivity contribution in [2.45, 2.75) is 19.4 Å². The molecule has 2 atom stereocenters. The normalized spacial score (nSPS) is 24.3. The van der Waals surface area contributed by atoms with E-state index in [2.05, 4.69) is 0 Å². The minimum absolute atomic E-state index is 0.0895. The molecule has 0 saturated carbocycles. The number of hydrogen-bond acceptors (Lipinski definition) is 3. The quantitative estimate of drug-likeness (QED) is 0.669. The first-order chi connectivity index (χ1) is 10.1. The average Bonchev–Trinajstić information content (AvgIpc) is 2.73. The van der Waals surface area contributed by atoms with Gasteiger partial charge >= 0.3 is 0 Å². The summed E-state index contributed by atoms with van der Waals surface area (Å²) in [5.74, 6) is -1.08. The van der Waals surface area contributed by atoms with Crippen LogP contribution in [0, 0.1) is 11.8 Å². The van der Waals surface area contributed by atoms with Crippen LogP contribution in [0.5, 0.6) is 0 Å². The molecule has 2 aliphatic rings. The van der Waals surface area contributed by atoms with Crippen LogP contribution < -0.4 is 5.73 Å². The summed E-state index contributed by atoms with van der Waals surface area (Å²) >= 11 is 0.